The quantitative estimate of drug-likeness (QED) is 0.635. The maximum absolute atomic E-state index is 10.9. The first-order chi connectivity index (χ1) is 7.19. The van der Waals surface area contributed by atoms with Crippen molar-refractivity contribution in [1.82, 2.24) is 4.90 Å². The molecule has 0 saturated carbocycles. The highest BCUT2D eigenvalue weighted by molar-refractivity contribution is 5.74. The number of amides is 1. The lowest BCUT2D eigenvalue weighted by Crippen LogP contribution is -2.53. The second-order valence-electron chi connectivity index (χ2n) is 3.93. The summed E-state index contributed by atoms with van der Waals surface area (Å²) in [6, 6.07) is 0.433. The van der Waals surface area contributed by atoms with Crippen LogP contribution in [0.1, 0.15) is 19.8 Å². The zero-order chi connectivity index (χ0) is 11.3. The fourth-order valence-corrected chi connectivity index (χ4v) is 2.07. The Morgan fingerprint density at radius 1 is 1.67 bits per heavy atom. The van der Waals surface area contributed by atoms with Crippen molar-refractivity contribution in [3.05, 3.63) is 0 Å². The molecule has 0 radical (unpaired) electrons. The zero-order valence-corrected chi connectivity index (χ0v) is 9.32. The molecular formula is C10H21N3O2. The lowest BCUT2D eigenvalue weighted by molar-refractivity contribution is -0.120. The Balaban J connectivity index is 2.58. The number of primary amides is 1. The summed E-state index contributed by atoms with van der Waals surface area (Å²) in [7, 11) is 0. The average Bonchev–Trinajstić information content (AvgIpc) is 2.25. The lowest BCUT2D eigenvalue weighted by Gasteiger charge is -2.40. The van der Waals surface area contributed by atoms with Gasteiger partial charge < -0.3 is 16.2 Å². The summed E-state index contributed by atoms with van der Waals surface area (Å²) in [6.45, 7) is 4.87. The van der Waals surface area contributed by atoms with Gasteiger partial charge in [0.05, 0.1) is 13.2 Å². The van der Waals surface area contributed by atoms with Gasteiger partial charge in [0.15, 0.2) is 0 Å². The minimum absolute atomic E-state index is 0.0661. The maximum atomic E-state index is 10.9. The van der Waals surface area contributed by atoms with Crippen LogP contribution in [-0.4, -0.2) is 49.2 Å². The molecule has 4 N–H and O–H groups in total. The number of nitrogens with two attached hydrogens (primary N) is 2. The van der Waals surface area contributed by atoms with Crippen LogP contribution in [0, 0.1) is 0 Å². The SMILES string of the molecule is CCC1COCCN1C(CN)CC(N)=O. The first-order valence-corrected chi connectivity index (χ1v) is 5.50. The first kappa shape index (κ1) is 12.4. The molecule has 1 aliphatic rings. The monoisotopic (exact) mass is 215 g/mol. The summed E-state index contributed by atoms with van der Waals surface area (Å²) < 4.78 is 5.40. The zero-order valence-electron chi connectivity index (χ0n) is 9.32. The molecule has 0 aromatic heterocycles. The minimum Gasteiger partial charge on any atom is -0.378 e. The van der Waals surface area contributed by atoms with Gasteiger partial charge in [-0.05, 0) is 6.42 Å². The Bertz CT molecular complexity index is 211. The Hall–Kier alpha value is -0.650. The van der Waals surface area contributed by atoms with Gasteiger partial charge in [0, 0.05) is 31.6 Å². The summed E-state index contributed by atoms with van der Waals surface area (Å²) in [5.74, 6) is -0.285. The topological polar surface area (TPSA) is 81.6 Å². The van der Waals surface area contributed by atoms with Gasteiger partial charge in [0.25, 0.3) is 0 Å². The van der Waals surface area contributed by atoms with E-state index >= 15 is 0 Å². The molecule has 5 heteroatoms. The standard InChI is InChI=1S/C10H21N3O2/c1-2-8-7-15-4-3-13(8)9(6-11)5-10(12)14/h8-9H,2-7,11H2,1H3,(H2,12,14). The molecule has 1 aliphatic heterocycles. The number of carbonyl (C=O) groups is 1. The predicted molar refractivity (Wildman–Crippen MR) is 58.3 cm³/mol. The van der Waals surface area contributed by atoms with Gasteiger partial charge in [-0.2, -0.15) is 0 Å². The molecule has 0 spiro atoms. The fourth-order valence-electron chi connectivity index (χ4n) is 2.07. The largest absolute Gasteiger partial charge is 0.378 e. The third-order valence-electron chi connectivity index (χ3n) is 2.92. The molecule has 0 aromatic carbocycles. The molecule has 88 valence electrons. The van der Waals surface area contributed by atoms with E-state index in [0.717, 1.165) is 19.6 Å². The molecule has 1 heterocycles. The highest BCUT2D eigenvalue weighted by Crippen LogP contribution is 2.15. The maximum Gasteiger partial charge on any atom is 0.219 e. The van der Waals surface area contributed by atoms with Crippen molar-refractivity contribution in [2.24, 2.45) is 11.5 Å². The van der Waals surface area contributed by atoms with Crippen molar-refractivity contribution < 1.29 is 9.53 Å². The van der Waals surface area contributed by atoms with E-state index in [1.54, 1.807) is 0 Å². The van der Waals surface area contributed by atoms with Crippen LogP contribution in [-0.2, 0) is 9.53 Å². The summed E-state index contributed by atoms with van der Waals surface area (Å²) in [6.07, 6.45) is 1.35. The molecule has 2 atom stereocenters. The van der Waals surface area contributed by atoms with E-state index in [0.29, 0.717) is 25.6 Å². The van der Waals surface area contributed by atoms with Crippen LogP contribution >= 0.6 is 0 Å². The third-order valence-corrected chi connectivity index (χ3v) is 2.92. The number of carbonyl (C=O) groups excluding carboxylic acids is 1. The normalized spacial score (nSPS) is 25.1. The highest BCUT2D eigenvalue weighted by Gasteiger charge is 2.28. The minimum atomic E-state index is -0.285. The van der Waals surface area contributed by atoms with Gasteiger partial charge in [0.2, 0.25) is 5.91 Å². The van der Waals surface area contributed by atoms with Crippen molar-refractivity contribution in [3.63, 3.8) is 0 Å². The van der Waals surface area contributed by atoms with Crippen molar-refractivity contribution in [2.75, 3.05) is 26.3 Å². The highest BCUT2D eigenvalue weighted by atomic mass is 16.5. The van der Waals surface area contributed by atoms with Gasteiger partial charge in [-0.15, -0.1) is 0 Å². The van der Waals surface area contributed by atoms with Crippen LogP contribution in [0.5, 0.6) is 0 Å². The van der Waals surface area contributed by atoms with Crippen molar-refractivity contribution in [3.8, 4) is 0 Å². The van der Waals surface area contributed by atoms with Crippen molar-refractivity contribution in [1.29, 1.82) is 0 Å². The van der Waals surface area contributed by atoms with E-state index in [1.165, 1.54) is 0 Å². The third kappa shape index (κ3) is 3.44. The molecule has 1 rings (SSSR count). The van der Waals surface area contributed by atoms with Gasteiger partial charge >= 0.3 is 0 Å². The van der Waals surface area contributed by atoms with Crippen molar-refractivity contribution in [2.45, 2.75) is 31.8 Å². The Morgan fingerprint density at radius 2 is 2.40 bits per heavy atom. The van der Waals surface area contributed by atoms with Gasteiger partial charge in [-0.3, -0.25) is 9.69 Å². The number of rotatable bonds is 5. The average molecular weight is 215 g/mol. The molecule has 1 amide bonds. The first-order valence-electron chi connectivity index (χ1n) is 5.50. The van der Waals surface area contributed by atoms with Gasteiger partial charge in [-0.1, -0.05) is 6.92 Å². The summed E-state index contributed by atoms with van der Waals surface area (Å²) in [5.41, 5.74) is 10.9. The van der Waals surface area contributed by atoms with E-state index in [9.17, 15) is 4.79 Å². The molecule has 15 heavy (non-hydrogen) atoms. The number of hydrogen-bond donors (Lipinski definition) is 2. The Kier molecular flexibility index (Phi) is 5.01. The second kappa shape index (κ2) is 6.05. The summed E-state index contributed by atoms with van der Waals surface area (Å²) in [4.78, 5) is 13.2. The van der Waals surface area contributed by atoms with Crippen LogP contribution in [0.25, 0.3) is 0 Å². The number of morpholine rings is 1. The molecular weight excluding hydrogens is 194 g/mol. The van der Waals surface area contributed by atoms with Gasteiger partial charge in [0.1, 0.15) is 0 Å². The van der Waals surface area contributed by atoms with E-state index < -0.39 is 0 Å². The van der Waals surface area contributed by atoms with Crippen LogP contribution < -0.4 is 11.5 Å². The molecule has 1 saturated heterocycles. The number of hydrogen-bond acceptors (Lipinski definition) is 4. The van der Waals surface area contributed by atoms with E-state index in [4.69, 9.17) is 16.2 Å². The number of ether oxygens (including phenoxy) is 1. The summed E-state index contributed by atoms with van der Waals surface area (Å²) >= 11 is 0. The molecule has 1 fully saturated rings. The van der Waals surface area contributed by atoms with E-state index in [2.05, 4.69) is 11.8 Å². The molecule has 0 aliphatic carbocycles. The van der Waals surface area contributed by atoms with Gasteiger partial charge in [-0.25, -0.2) is 0 Å². The Morgan fingerprint density at radius 3 is 2.93 bits per heavy atom. The smallest absolute Gasteiger partial charge is 0.219 e. The van der Waals surface area contributed by atoms with E-state index in [1.807, 2.05) is 0 Å². The van der Waals surface area contributed by atoms with Crippen LogP contribution in [0.15, 0.2) is 0 Å². The number of nitrogens with zero attached hydrogens (tertiary/aromatic N) is 1. The Labute approximate surface area is 90.7 Å². The van der Waals surface area contributed by atoms with Crippen molar-refractivity contribution >= 4 is 5.91 Å². The summed E-state index contributed by atoms with van der Waals surface area (Å²) in [5, 5.41) is 0. The molecule has 2 unspecified atom stereocenters. The lowest BCUT2D eigenvalue weighted by atomic mass is 10.1. The van der Waals surface area contributed by atoms with E-state index in [-0.39, 0.29) is 11.9 Å². The predicted octanol–water partition coefficient (Wildman–Crippen LogP) is -0.700. The van der Waals surface area contributed by atoms with Crippen LogP contribution in [0.3, 0.4) is 0 Å². The fraction of sp³-hybridized carbons (Fsp3) is 0.900. The molecule has 0 aromatic rings. The van der Waals surface area contributed by atoms with Crippen LogP contribution in [0.2, 0.25) is 0 Å². The second-order valence-corrected chi connectivity index (χ2v) is 3.93. The molecule has 5 nitrogen and oxygen atoms in total. The van der Waals surface area contributed by atoms with Crippen LogP contribution in [0.4, 0.5) is 0 Å². The molecule has 0 bridgehead atoms.